The van der Waals surface area contributed by atoms with Crippen molar-refractivity contribution in [3.8, 4) is 5.88 Å². The van der Waals surface area contributed by atoms with E-state index in [4.69, 9.17) is 4.74 Å². The molecule has 0 atom stereocenters. The van der Waals surface area contributed by atoms with E-state index in [1.54, 1.807) is 6.20 Å². The molecule has 0 aliphatic heterocycles. The highest BCUT2D eigenvalue weighted by Crippen LogP contribution is 2.25. The van der Waals surface area contributed by atoms with Crippen molar-refractivity contribution in [3.63, 3.8) is 0 Å². The third-order valence-electron chi connectivity index (χ3n) is 2.91. The van der Waals surface area contributed by atoms with Gasteiger partial charge in [0, 0.05) is 18.8 Å². The Bertz CT molecular complexity index is 324. The van der Waals surface area contributed by atoms with E-state index in [1.807, 2.05) is 13.0 Å². The summed E-state index contributed by atoms with van der Waals surface area (Å²) in [5.41, 5.74) is 0. The topological polar surface area (TPSA) is 47.0 Å². The zero-order chi connectivity index (χ0) is 11.2. The van der Waals surface area contributed by atoms with Gasteiger partial charge in [0.05, 0.1) is 6.61 Å². The van der Waals surface area contributed by atoms with Gasteiger partial charge < -0.3 is 10.1 Å². The molecule has 0 spiro atoms. The van der Waals surface area contributed by atoms with E-state index in [-0.39, 0.29) is 0 Å². The average molecular weight is 221 g/mol. The second-order valence-electron chi connectivity index (χ2n) is 4.21. The van der Waals surface area contributed by atoms with Gasteiger partial charge in [0.15, 0.2) is 0 Å². The smallest absolute Gasteiger partial charge is 0.225 e. The largest absolute Gasteiger partial charge is 0.477 e. The molecule has 1 N–H and O–H groups in total. The number of aromatic nitrogens is 2. The van der Waals surface area contributed by atoms with Crippen molar-refractivity contribution < 1.29 is 4.74 Å². The van der Waals surface area contributed by atoms with Crippen LogP contribution in [-0.2, 0) is 0 Å². The van der Waals surface area contributed by atoms with Crippen LogP contribution in [0.4, 0.5) is 5.95 Å². The van der Waals surface area contributed by atoms with Gasteiger partial charge >= 0.3 is 0 Å². The molecule has 0 radical (unpaired) electrons. The lowest BCUT2D eigenvalue weighted by Gasteiger charge is -2.10. The summed E-state index contributed by atoms with van der Waals surface area (Å²) in [6.45, 7) is 3.64. The minimum Gasteiger partial charge on any atom is -0.477 e. The van der Waals surface area contributed by atoms with E-state index < -0.39 is 0 Å². The standard InChI is InChI=1S/C12H19N3O/c1-2-13-12-14-8-7-11(15-12)16-9-10-5-3-4-6-10/h7-8,10H,2-6,9H2,1H3,(H,13,14,15). The van der Waals surface area contributed by atoms with Crippen molar-refractivity contribution in [2.45, 2.75) is 32.6 Å². The Kier molecular flexibility index (Phi) is 3.97. The molecular weight excluding hydrogens is 202 g/mol. The SMILES string of the molecule is CCNc1nccc(OCC2CCCC2)n1. The molecule has 0 saturated heterocycles. The second-order valence-corrected chi connectivity index (χ2v) is 4.21. The van der Waals surface area contributed by atoms with Crippen LogP contribution in [0.15, 0.2) is 12.3 Å². The fraction of sp³-hybridized carbons (Fsp3) is 0.667. The van der Waals surface area contributed by atoms with Gasteiger partial charge in [-0.3, -0.25) is 0 Å². The Morgan fingerprint density at radius 1 is 1.44 bits per heavy atom. The number of nitrogens with one attached hydrogen (secondary N) is 1. The maximum absolute atomic E-state index is 5.69. The van der Waals surface area contributed by atoms with E-state index in [0.717, 1.165) is 19.1 Å². The third-order valence-corrected chi connectivity index (χ3v) is 2.91. The van der Waals surface area contributed by atoms with Gasteiger partial charge in [0.25, 0.3) is 0 Å². The van der Waals surface area contributed by atoms with Crippen LogP contribution >= 0.6 is 0 Å². The van der Waals surface area contributed by atoms with Crippen molar-refractivity contribution in [2.24, 2.45) is 5.92 Å². The first-order valence-corrected chi connectivity index (χ1v) is 6.08. The molecule has 1 heterocycles. The summed E-state index contributed by atoms with van der Waals surface area (Å²) in [5, 5.41) is 3.07. The monoisotopic (exact) mass is 221 g/mol. The van der Waals surface area contributed by atoms with Gasteiger partial charge in [-0.1, -0.05) is 12.8 Å². The highest BCUT2D eigenvalue weighted by molar-refractivity contribution is 5.26. The number of hydrogen-bond acceptors (Lipinski definition) is 4. The fourth-order valence-corrected chi connectivity index (χ4v) is 2.05. The Morgan fingerprint density at radius 2 is 2.25 bits per heavy atom. The van der Waals surface area contributed by atoms with Gasteiger partial charge in [0.2, 0.25) is 11.8 Å². The normalized spacial score (nSPS) is 16.3. The molecule has 1 aromatic rings. The maximum atomic E-state index is 5.69. The Morgan fingerprint density at radius 3 is 3.00 bits per heavy atom. The van der Waals surface area contributed by atoms with E-state index >= 15 is 0 Å². The number of ether oxygens (including phenoxy) is 1. The van der Waals surface area contributed by atoms with Crippen molar-refractivity contribution >= 4 is 5.95 Å². The van der Waals surface area contributed by atoms with Gasteiger partial charge in [-0.2, -0.15) is 4.98 Å². The summed E-state index contributed by atoms with van der Waals surface area (Å²) in [4.78, 5) is 8.39. The molecule has 2 rings (SSSR count). The number of anilines is 1. The van der Waals surface area contributed by atoms with Crippen LogP contribution in [-0.4, -0.2) is 23.1 Å². The summed E-state index contributed by atoms with van der Waals surface area (Å²) in [5.74, 6) is 2.04. The first kappa shape index (κ1) is 11.2. The predicted octanol–water partition coefficient (Wildman–Crippen LogP) is 2.48. The third kappa shape index (κ3) is 3.08. The van der Waals surface area contributed by atoms with Crippen LogP contribution in [0.1, 0.15) is 32.6 Å². The van der Waals surface area contributed by atoms with Crippen LogP contribution in [0, 0.1) is 5.92 Å². The maximum Gasteiger partial charge on any atom is 0.225 e. The quantitative estimate of drug-likeness (QED) is 0.829. The lowest BCUT2D eigenvalue weighted by atomic mass is 10.1. The first-order chi connectivity index (χ1) is 7.88. The first-order valence-electron chi connectivity index (χ1n) is 6.08. The van der Waals surface area contributed by atoms with Crippen LogP contribution in [0.5, 0.6) is 5.88 Å². The highest BCUT2D eigenvalue weighted by atomic mass is 16.5. The summed E-state index contributed by atoms with van der Waals surface area (Å²) in [7, 11) is 0. The van der Waals surface area contributed by atoms with E-state index in [1.165, 1.54) is 25.7 Å². The van der Waals surface area contributed by atoms with Crippen LogP contribution in [0.2, 0.25) is 0 Å². The average Bonchev–Trinajstić information content (AvgIpc) is 2.80. The lowest BCUT2D eigenvalue weighted by molar-refractivity contribution is 0.243. The minimum atomic E-state index is 0.645. The second kappa shape index (κ2) is 5.68. The zero-order valence-corrected chi connectivity index (χ0v) is 9.78. The highest BCUT2D eigenvalue weighted by Gasteiger charge is 2.15. The molecule has 16 heavy (non-hydrogen) atoms. The van der Waals surface area contributed by atoms with Gasteiger partial charge in [0.1, 0.15) is 0 Å². The fourth-order valence-electron chi connectivity index (χ4n) is 2.05. The molecule has 0 aromatic carbocycles. The number of rotatable bonds is 5. The van der Waals surface area contributed by atoms with E-state index in [9.17, 15) is 0 Å². The van der Waals surface area contributed by atoms with Crippen molar-refractivity contribution in [3.05, 3.63) is 12.3 Å². The van der Waals surface area contributed by atoms with Gasteiger partial charge in [-0.05, 0) is 25.7 Å². The predicted molar refractivity (Wildman–Crippen MR) is 63.6 cm³/mol. The molecule has 1 fully saturated rings. The Hall–Kier alpha value is -1.32. The molecule has 0 unspecified atom stereocenters. The van der Waals surface area contributed by atoms with Crippen LogP contribution < -0.4 is 10.1 Å². The molecule has 1 aliphatic carbocycles. The minimum absolute atomic E-state index is 0.645. The van der Waals surface area contributed by atoms with Crippen molar-refractivity contribution in [1.29, 1.82) is 0 Å². The summed E-state index contributed by atoms with van der Waals surface area (Å²) >= 11 is 0. The molecule has 1 aliphatic rings. The van der Waals surface area contributed by atoms with Crippen molar-refractivity contribution in [1.82, 2.24) is 9.97 Å². The van der Waals surface area contributed by atoms with Crippen LogP contribution in [0.3, 0.4) is 0 Å². The van der Waals surface area contributed by atoms with Crippen molar-refractivity contribution in [2.75, 3.05) is 18.5 Å². The van der Waals surface area contributed by atoms with E-state index in [0.29, 0.717) is 11.8 Å². The molecule has 0 bridgehead atoms. The molecule has 0 amide bonds. The molecule has 4 heteroatoms. The number of hydrogen-bond donors (Lipinski definition) is 1. The summed E-state index contributed by atoms with van der Waals surface area (Å²) in [6, 6.07) is 1.82. The Balaban J connectivity index is 1.85. The molecule has 1 aromatic heterocycles. The number of nitrogens with zero attached hydrogens (tertiary/aromatic N) is 2. The molecular formula is C12H19N3O. The van der Waals surface area contributed by atoms with Crippen LogP contribution in [0.25, 0.3) is 0 Å². The summed E-state index contributed by atoms with van der Waals surface area (Å²) < 4.78 is 5.69. The van der Waals surface area contributed by atoms with Gasteiger partial charge in [-0.25, -0.2) is 4.98 Å². The summed E-state index contributed by atoms with van der Waals surface area (Å²) in [6.07, 6.45) is 7.02. The lowest BCUT2D eigenvalue weighted by Crippen LogP contribution is -2.10. The zero-order valence-electron chi connectivity index (χ0n) is 9.78. The molecule has 1 saturated carbocycles. The van der Waals surface area contributed by atoms with E-state index in [2.05, 4.69) is 15.3 Å². The Labute approximate surface area is 96.4 Å². The van der Waals surface area contributed by atoms with Gasteiger partial charge in [-0.15, -0.1) is 0 Å². The molecule has 4 nitrogen and oxygen atoms in total. The molecule has 88 valence electrons.